The first-order valence-electron chi connectivity index (χ1n) is 10.4. The van der Waals surface area contributed by atoms with E-state index in [9.17, 15) is 4.79 Å². The van der Waals surface area contributed by atoms with Crippen LogP contribution in [0.25, 0.3) is 11.1 Å². The molecule has 1 unspecified atom stereocenters. The highest BCUT2D eigenvalue weighted by Crippen LogP contribution is 2.34. The first-order chi connectivity index (χ1) is 13.9. The monoisotopic (exact) mass is 385 g/mol. The average molecular weight is 386 g/mol. The second kappa shape index (κ2) is 9.09. The Bertz CT molecular complexity index is 908. The Morgan fingerprint density at radius 2 is 1.24 bits per heavy atom. The van der Waals surface area contributed by atoms with Crippen LogP contribution >= 0.6 is 0 Å². The van der Waals surface area contributed by atoms with Crippen molar-refractivity contribution in [1.82, 2.24) is 0 Å². The highest BCUT2D eigenvalue weighted by atomic mass is 16.2. The van der Waals surface area contributed by atoms with Crippen molar-refractivity contribution in [2.45, 2.75) is 40.5 Å². The second-order valence-electron chi connectivity index (χ2n) is 8.79. The zero-order valence-corrected chi connectivity index (χ0v) is 17.9. The molecule has 3 aromatic rings. The summed E-state index contributed by atoms with van der Waals surface area (Å²) in [6.07, 6.45) is 1.70. The predicted octanol–water partition coefficient (Wildman–Crippen LogP) is 7.48. The first kappa shape index (κ1) is 20.9. The summed E-state index contributed by atoms with van der Waals surface area (Å²) in [6, 6.07) is 28.6. The van der Waals surface area contributed by atoms with Crippen LogP contribution in [0.4, 0.5) is 11.4 Å². The minimum atomic E-state index is -0.0102. The number of rotatable bonds is 6. The van der Waals surface area contributed by atoms with Crippen molar-refractivity contribution in [3.05, 3.63) is 84.9 Å². The van der Waals surface area contributed by atoms with Gasteiger partial charge in [0, 0.05) is 17.3 Å². The van der Waals surface area contributed by atoms with Crippen molar-refractivity contribution in [3.63, 3.8) is 0 Å². The van der Waals surface area contributed by atoms with Crippen LogP contribution < -0.4 is 4.90 Å². The van der Waals surface area contributed by atoms with Crippen LogP contribution in [0, 0.1) is 11.3 Å². The number of para-hydroxylation sites is 1. The van der Waals surface area contributed by atoms with Gasteiger partial charge in [-0.1, -0.05) is 88.4 Å². The molecule has 1 amide bonds. The summed E-state index contributed by atoms with van der Waals surface area (Å²) in [4.78, 5) is 15.5. The van der Waals surface area contributed by atoms with Crippen LogP contribution in [0.2, 0.25) is 0 Å². The van der Waals surface area contributed by atoms with Crippen LogP contribution in [-0.4, -0.2) is 5.91 Å². The fourth-order valence-corrected chi connectivity index (χ4v) is 3.74. The molecule has 0 fully saturated rings. The van der Waals surface area contributed by atoms with E-state index in [1.807, 2.05) is 53.4 Å². The highest BCUT2D eigenvalue weighted by molar-refractivity contribution is 6.02. The van der Waals surface area contributed by atoms with Crippen LogP contribution in [0.3, 0.4) is 0 Å². The lowest BCUT2D eigenvalue weighted by Gasteiger charge is -2.31. The predicted molar refractivity (Wildman–Crippen MR) is 123 cm³/mol. The molecule has 0 N–H and O–H groups in total. The second-order valence-corrected chi connectivity index (χ2v) is 8.79. The van der Waals surface area contributed by atoms with E-state index in [2.05, 4.69) is 64.1 Å². The molecule has 2 nitrogen and oxygen atoms in total. The topological polar surface area (TPSA) is 20.3 Å². The molecule has 0 aliphatic heterocycles. The summed E-state index contributed by atoms with van der Waals surface area (Å²) in [5.41, 5.74) is 4.26. The van der Waals surface area contributed by atoms with Crippen molar-refractivity contribution in [2.75, 3.05) is 4.90 Å². The Morgan fingerprint density at radius 3 is 1.76 bits per heavy atom. The van der Waals surface area contributed by atoms with Gasteiger partial charge in [0.1, 0.15) is 0 Å². The number of hydrogen-bond donors (Lipinski definition) is 0. The number of anilines is 2. The summed E-state index contributed by atoms with van der Waals surface area (Å²) in [7, 11) is 0. The zero-order chi connectivity index (χ0) is 20.9. The molecule has 0 spiro atoms. The number of benzene rings is 3. The first-order valence-corrected chi connectivity index (χ1v) is 10.4. The molecule has 1 atom stereocenters. The number of carbonyl (C=O) groups is 1. The van der Waals surface area contributed by atoms with E-state index in [0.717, 1.165) is 29.8 Å². The van der Waals surface area contributed by atoms with E-state index in [1.165, 1.54) is 5.56 Å². The molecule has 3 aromatic carbocycles. The van der Waals surface area contributed by atoms with Crippen molar-refractivity contribution in [3.8, 4) is 11.1 Å². The molecule has 0 saturated carbocycles. The van der Waals surface area contributed by atoms with Gasteiger partial charge < -0.3 is 0 Å². The Kier molecular flexibility index (Phi) is 6.53. The third-order valence-electron chi connectivity index (χ3n) is 5.17. The molecule has 0 radical (unpaired) electrons. The molecule has 0 aromatic heterocycles. The van der Waals surface area contributed by atoms with Crippen molar-refractivity contribution in [2.24, 2.45) is 11.3 Å². The Morgan fingerprint density at radius 1 is 0.759 bits per heavy atom. The normalized spacial score (nSPS) is 12.4. The van der Waals surface area contributed by atoms with Gasteiger partial charge in [-0.15, -0.1) is 0 Å². The standard InChI is InChI=1S/C27H31NO/c1-5-21(20-27(2,3)4)26(29)28(24-14-10-7-11-15-24)25-18-16-23(17-19-25)22-12-8-6-9-13-22/h6-19,21H,5,20H2,1-4H3. The summed E-state index contributed by atoms with van der Waals surface area (Å²) in [5, 5.41) is 0. The minimum absolute atomic E-state index is 0.0102. The SMILES string of the molecule is CCC(CC(C)(C)C)C(=O)N(c1ccccc1)c1ccc(-c2ccccc2)cc1. The summed E-state index contributed by atoms with van der Waals surface area (Å²) in [6.45, 7) is 8.70. The number of hydrogen-bond acceptors (Lipinski definition) is 1. The maximum absolute atomic E-state index is 13.6. The van der Waals surface area contributed by atoms with Gasteiger partial charge in [0.25, 0.3) is 0 Å². The lowest BCUT2D eigenvalue weighted by molar-refractivity contribution is -0.122. The van der Waals surface area contributed by atoms with E-state index >= 15 is 0 Å². The molecule has 0 aliphatic rings. The van der Waals surface area contributed by atoms with Gasteiger partial charge in [-0.25, -0.2) is 0 Å². The average Bonchev–Trinajstić information content (AvgIpc) is 2.73. The molecule has 2 heteroatoms. The molecular formula is C27H31NO. The van der Waals surface area contributed by atoms with Gasteiger partial charge in [-0.2, -0.15) is 0 Å². The van der Waals surface area contributed by atoms with Gasteiger partial charge in [0.05, 0.1) is 0 Å². The molecule has 0 bridgehead atoms. The number of carbonyl (C=O) groups excluding carboxylic acids is 1. The minimum Gasteiger partial charge on any atom is -0.281 e. The van der Waals surface area contributed by atoms with Crippen molar-refractivity contribution >= 4 is 17.3 Å². The molecule has 3 rings (SSSR count). The summed E-state index contributed by atoms with van der Waals surface area (Å²) >= 11 is 0. The highest BCUT2D eigenvalue weighted by Gasteiger charge is 2.29. The van der Waals surface area contributed by atoms with Gasteiger partial charge in [-0.05, 0) is 53.6 Å². The Labute approximate surface area is 175 Å². The van der Waals surface area contributed by atoms with E-state index in [-0.39, 0.29) is 17.2 Å². The maximum Gasteiger partial charge on any atom is 0.234 e. The molecule has 150 valence electrons. The Balaban J connectivity index is 1.97. The lowest BCUT2D eigenvalue weighted by Crippen LogP contribution is -2.34. The fourth-order valence-electron chi connectivity index (χ4n) is 3.74. The fraction of sp³-hybridized carbons (Fsp3) is 0.296. The third kappa shape index (κ3) is 5.35. The zero-order valence-electron chi connectivity index (χ0n) is 17.9. The third-order valence-corrected chi connectivity index (χ3v) is 5.17. The molecule has 0 heterocycles. The van der Waals surface area contributed by atoms with Crippen LogP contribution in [0.5, 0.6) is 0 Å². The van der Waals surface area contributed by atoms with Crippen LogP contribution in [-0.2, 0) is 4.79 Å². The molecule has 29 heavy (non-hydrogen) atoms. The van der Waals surface area contributed by atoms with Gasteiger partial charge in [0.15, 0.2) is 0 Å². The number of amides is 1. The Hall–Kier alpha value is -2.87. The van der Waals surface area contributed by atoms with E-state index in [4.69, 9.17) is 0 Å². The smallest absolute Gasteiger partial charge is 0.234 e. The molecule has 0 saturated heterocycles. The van der Waals surface area contributed by atoms with Gasteiger partial charge in [-0.3, -0.25) is 9.69 Å². The van der Waals surface area contributed by atoms with Crippen molar-refractivity contribution < 1.29 is 4.79 Å². The largest absolute Gasteiger partial charge is 0.281 e. The lowest BCUT2D eigenvalue weighted by atomic mass is 9.82. The molecule has 0 aliphatic carbocycles. The van der Waals surface area contributed by atoms with E-state index in [1.54, 1.807) is 0 Å². The molecular weight excluding hydrogens is 354 g/mol. The summed E-state index contributed by atoms with van der Waals surface area (Å²) in [5.74, 6) is 0.157. The van der Waals surface area contributed by atoms with Crippen LogP contribution in [0.15, 0.2) is 84.9 Å². The van der Waals surface area contributed by atoms with E-state index < -0.39 is 0 Å². The van der Waals surface area contributed by atoms with Gasteiger partial charge >= 0.3 is 0 Å². The van der Waals surface area contributed by atoms with Gasteiger partial charge in [0.2, 0.25) is 5.91 Å². The van der Waals surface area contributed by atoms with Crippen molar-refractivity contribution in [1.29, 1.82) is 0 Å². The van der Waals surface area contributed by atoms with E-state index in [0.29, 0.717) is 0 Å². The quantitative estimate of drug-likeness (QED) is 0.430. The number of nitrogens with zero attached hydrogens (tertiary/aromatic N) is 1. The summed E-state index contributed by atoms with van der Waals surface area (Å²) < 4.78 is 0. The van der Waals surface area contributed by atoms with Crippen LogP contribution in [0.1, 0.15) is 40.5 Å². The maximum atomic E-state index is 13.6.